The SMILES string of the molecule is CC1CCC(CN(C)CCN)CC1. The summed E-state index contributed by atoms with van der Waals surface area (Å²) in [5.74, 6) is 1.91. The highest BCUT2D eigenvalue weighted by atomic mass is 15.1. The zero-order valence-electron chi connectivity index (χ0n) is 9.13. The van der Waals surface area contributed by atoms with Gasteiger partial charge in [0.2, 0.25) is 0 Å². The molecule has 1 aliphatic rings. The Labute approximate surface area is 82.5 Å². The topological polar surface area (TPSA) is 29.3 Å². The number of hydrogen-bond acceptors (Lipinski definition) is 2. The smallest absolute Gasteiger partial charge is 0.0102 e. The van der Waals surface area contributed by atoms with Gasteiger partial charge in [-0.05, 0) is 31.7 Å². The average Bonchev–Trinajstić information content (AvgIpc) is 2.09. The summed E-state index contributed by atoms with van der Waals surface area (Å²) in [4.78, 5) is 2.38. The maximum Gasteiger partial charge on any atom is 0.0102 e. The van der Waals surface area contributed by atoms with Crippen LogP contribution in [0, 0.1) is 11.8 Å². The van der Waals surface area contributed by atoms with Crippen molar-refractivity contribution in [3.05, 3.63) is 0 Å². The minimum absolute atomic E-state index is 0.791. The van der Waals surface area contributed by atoms with Gasteiger partial charge < -0.3 is 10.6 Å². The second kappa shape index (κ2) is 5.61. The number of hydrogen-bond donors (Lipinski definition) is 1. The maximum atomic E-state index is 5.51. The maximum absolute atomic E-state index is 5.51. The summed E-state index contributed by atoms with van der Waals surface area (Å²) in [6.07, 6.45) is 5.72. The number of nitrogens with zero attached hydrogens (tertiary/aromatic N) is 1. The van der Waals surface area contributed by atoms with Crippen molar-refractivity contribution in [1.29, 1.82) is 0 Å². The van der Waals surface area contributed by atoms with Gasteiger partial charge in [-0.2, -0.15) is 0 Å². The molecule has 1 saturated carbocycles. The van der Waals surface area contributed by atoms with E-state index in [2.05, 4.69) is 18.9 Å². The molecule has 13 heavy (non-hydrogen) atoms. The van der Waals surface area contributed by atoms with E-state index < -0.39 is 0 Å². The van der Waals surface area contributed by atoms with E-state index in [4.69, 9.17) is 5.73 Å². The highest BCUT2D eigenvalue weighted by molar-refractivity contribution is 4.72. The highest BCUT2D eigenvalue weighted by Crippen LogP contribution is 2.28. The monoisotopic (exact) mass is 184 g/mol. The Kier molecular flexibility index (Phi) is 4.74. The van der Waals surface area contributed by atoms with E-state index in [9.17, 15) is 0 Å². The zero-order chi connectivity index (χ0) is 9.68. The minimum atomic E-state index is 0.791. The first-order chi connectivity index (χ1) is 6.22. The molecule has 0 saturated heterocycles. The Balaban J connectivity index is 2.14. The van der Waals surface area contributed by atoms with E-state index in [1.807, 2.05) is 0 Å². The molecule has 0 radical (unpaired) electrons. The third-order valence-electron chi connectivity index (χ3n) is 3.22. The molecule has 0 bridgehead atoms. The van der Waals surface area contributed by atoms with Gasteiger partial charge in [0.05, 0.1) is 0 Å². The van der Waals surface area contributed by atoms with Gasteiger partial charge in [0.15, 0.2) is 0 Å². The molecule has 0 aliphatic heterocycles. The van der Waals surface area contributed by atoms with Crippen LogP contribution in [-0.4, -0.2) is 31.6 Å². The minimum Gasteiger partial charge on any atom is -0.329 e. The van der Waals surface area contributed by atoms with Crippen molar-refractivity contribution < 1.29 is 0 Å². The molecule has 0 spiro atoms. The molecule has 0 aromatic carbocycles. The molecule has 1 aliphatic carbocycles. The van der Waals surface area contributed by atoms with Crippen LogP contribution < -0.4 is 5.73 Å². The van der Waals surface area contributed by atoms with Crippen LogP contribution in [0.25, 0.3) is 0 Å². The van der Waals surface area contributed by atoms with E-state index in [0.717, 1.165) is 24.9 Å². The molecule has 2 N–H and O–H groups in total. The molecule has 2 nitrogen and oxygen atoms in total. The third kappa shape index (κ3) is 4.10. The van der Waals surface area contributed by atoms with Crippen molar-refractivity contribution in [3.8, 4) is 0 Å². The fraction of sp³-hybridized carbons (Fsp3) is 1.00. The molecular formula is C11H24N2. The van der Waals surface area contributed by atoms with Crippen molar-refractivity contribution in [3.63, 3.8) is 0 Å². The Hall–Kier alpha value is -0.0800. The second-order valence-electron chi connectivity index (χ2n) is 4.68. The lowest BCUT2D eigenvalue weighted by molar-refractivity contribution is 0.213. The summed E-state index contributed by atoms with van der Waals surface area (Å²) < 4.78 is 0. The van der Waals surface area contributed by atoms with Crippen molar-refractivity contribution >= 4 is 0 Å². The lowest BCUT2D eigenvalue weighted by Crippen LogP contribution is -2.31. The van der Waals surface area contributed by atoms with Gasteiger partial charge in [0, 0.05) is 19.6 Å². The van der Waals surface area contributed by atoms with E-state index in [-0.39, 0.29) is 0 Å². The van der Waals surface area contributed by atoms with Crippen LogP contribution in [0.15, 0.2) is 0 Å². The van der Waals surface area contributed by atoms with Crippen LogP contribution >= 0.6 is 0 Å². The van der Waals surface area contributed by atoms with Crippen LogP contribution in [0.4, 0.5) is 0 Å². The average molecular weight is 184 g/mol. The summed E-state index contributed by atoms with van der Waals surface area (Å²) in [6, 6.07) is 0. The Bertz CT molecular complexity index is 128. The van der Waals surface area contributed by atoms with Crippen molar-refractivity contribution in [1.82, 2.24) is 4.90 Å². The third-order valence-corrected chi connectivity index (χ3v) is 3.22. The lowest BCUT2D eigenvalue weighted by Gasteiger charge is -2.29. The van der Waals surface area contributed by atoms with Gasteiger partial charge in [-0.15, -0.1) is 0 Å². The van der Waals surface area contributed by atoms with Gasteiger partial charge in [0.25, 0.3) is 0 Å². The summed E-state index contributed by atoms with van der Waals surface area (Å²) >= 11 is 0. The number of likely N-dealkylation sites (N-methyl/N-ethyl adjacent to an activating group) is 1. The first-order valence-electron chi connectivity index (χ1n) is 5.61. The van der Waals surface area contributed by atoms with Crippen molar-refractivity contribution in [2.24, 2.45) is 17.6 Å². The fourth-order valence-corrected chi connectivity index (χ4v) is 2.26. The van der Waals surface area contributed by atoms with Gasteiger partial charge in [0.1, 0.15) is 0 Å². The van der Waals surface area contributed by atoms with Crippen LogP contribution in [0.2, 0.25) is 0 Å². The standard InChI is InChI=1S/C11H24N2/c1-10-3-5-11(6-4-10)9-13(2)8-7-12/h10-11H,3-9,12H2,1-2H3. The quantitative estimate of drug-likeness (QED) is 0.720. The molecule has 2 heteroatoms. The van der Waals surface area contributed by atoms with Crippen molar-refractivity contribution in [2.75, 3.05) is 26.7 Å². The molecule has 0 atom stereocenters. The number of nitrogens with two attached hydrogens (primary N) is 1. The molecule has 0 aromatic heterocycles. The molecule has 1 fully saturated rings. The molecule has 1 rings (SSSR count). The summed E-state index contributed by atoms with van der Waals surface area (Å²) in [6.45, 7) is 5.47. The largest absolute Gasteiger partial charge is 0.329 e. The Morgan fingerprint density at radius 1 is 1.23 bits per heavy atom. The predicted molar refractivity (Wildman–Crippen MR) is 57.7 cm³/mol. The molecule has 0 unspecified atom stereocenters. The van der Waals surface area contributed by atoms with Crippen LogP contribution in [0.3, 0.4) is 0 Å². The summed E-state index contributed by atoms with van der Waals surface area (Å²) in [5, 5.41) is 0. The van der Waals surface area contributed by atoms with Crippen molar-refractivity contribution in [2.45, 2.75) is 32.6 Å². The molecular weight excluding hydrogens is 160 g/mol. The highest BCUT2D eigenvalue weighted by Gasteiger charge is 2.18. The van der Waals surface area contributed by atoms with E-state index in [0.29, 0.717) is 0 Å². The fourth-order valence-electron chi connectivity index (χ4n) is 2.26. The summed E-state index contributed by atoms with van der Waals surface area (Å²) in [5.41, 5.74) is 5.51. The van der Waals surface area contributed by atoms with Crippen LogP contribution in [0.1, 0.15) is 32.6 Å². The molecule has 0 amide bonds. The van der Waals surface area contributed by atoms with Gasteiger partial charge in [-0.25, -0.2) is 0 Å². The van der Waals surface area contributed by atoms with Gasteiger partial charge in [-0.3, -0.25) is 0 Å². The van der Waals surface area contributed by atoms with Gasteiger partial charge >= 0.3 is 0 Å². The van der Waals surface area contributed by atoms with Crippen LogP contribution in [-0.2, 0) is 0 Å². The second-order valence-corrected chi connectivity index (χ2v) is 4.68. The Morgan fingerprint density at radius 2 is 1.85 bits per heavy atom. The normalized spacial score (nSPS) is 29.5. The molecule has 78 valence electrons. The van der Waals surface area contributed by atoms with Crippen LogP contribution in [0.5, 0.6) is 0 Å². The predicted octanol–water partition coefficient (Wildman–Crippen LogP) is 1.70. The molecule has 0 aromatic rings. The van der Waals surface area contributed by atoms with E-state index in [1.165, 1.54) is 32.2 Å². The first-order valence-corrected chi connectivity index (χ1v) is 5.61. The Morgan fingerprint density at radius 3 is 2.38 bits per heavy atom. The van der Waals surface area contributed by atoms with E-state index >= 15 is 0 Å². The first kappa shape index (κ1) is 11.0. The van der Waals surface area contributed by atoms with E-state index in [1.54, 1.807) is 0 Å². The summed E-state index contributed by atoms with van der Waals surface area (Å²) in [7, 11) is 2.19. The number of rotatable bonds is 4. The zero-order valence-corrected chi connectivity index (χ0v) is 9.13. The van der Waals surface area contributed by atoms with Gasteiger partial charge in [-0.1, -0.05) is 19.8 Å². The lowest BCUT2D eigenvalue weighted by atomic mass is 9.83. The molecule has 0 heterocycles.